The lowest BCUT2D eigenvalue weighted by Crippen LogP contribution is -1.96. The number of aryl methyl sites for hydroxylation is 1. The molecule has 0 aliphatic rings. The average molecular weight is 179 g/mol. The number of ketones is 1. The molecule has 1 rings (SSSR count). The third kappa shape index (κ3) is 2.11. The quantitative estimate of drug-likeness (QED) is 0.397. The molecule has 0 radical (unpaired) electrons. The van der Waals surface area contributed by atoms with Crippen molar-refractivity contribution in [3.05, 3.63) is 39.4 Å². The second-order valence-corrected chi connectivity index (χ2v) is 2.87. The fourth-order valence-electron chi connectivity index (χ4n) is 1.07. The lowest BCUT2D eigenvalue weighted by atomic mass is 10.1. The molecule has 4 heteroatoms. The third-order valence-electron chi connectivity index (χ3n) is 1.68. The molecule has 4 nitrogen and oxygen atoms in total. The Morgan fingerprint density at radius 2 is 2.00 bits per heavy atom. The molecule has 0 saturated carbocycles. The number of carbonyl (C=O) groups excluding carboxylic acids is 1. The van der Waals surface area contributed by atoms with Crippen LogP contribution < -0.4 is 0 Å². The predicted molar refractivity (Wildman–Crippen MR) is 47.8 cm³/mol. The van der Waals surface area contributed by atoms with E-state index in [0.717, 1.165) is 5.56 Å². The first-order chi connectivity index (χ1) is 6.00. The molecule has 0 heterocycles. The van der Waals surface area contributed by atoms with Crippen LogP contribution in [0.1, 0.15) is 22.8 Å². The molecule has 1 aromatic carbocycles. The minimum atomic E-state index is -0.501. The number of non-ortho nitro benzene ring substituents is 1. The van der Waals surface area contributed by atoms with E-state index < -0.39 is 4.92 Å². The van der Waals surface area contributed by atoms with E-state index >= 15 is 0 Å². The highest BCUT2D eigenvalue weighted by Gasteiger charge is 2.09. The second kappa shape index (κ2) is 3.35. The lowest BCUT2D eigenvalue weighted by Gasteiger charge is -1.98. The summed E-state index contributed by atoms with van der Waals surface area (Å²) in [6.45, 7) is 3.11. The van der Waals surface area contributed by atoms with Crippen LogP contribution in [0.4, 0.5) is 5.69 Å². The maximum absolute atomic E-state index is 10.9. The summed E-state index contributed by atoms with van der Waals surface area (Å²) >= 11 is 0. The normalized spacial score (nSPS) is 9.69. The largest absolute Gasteiger partial charge is 0.295 e. The summed E-state index contributed by atoms with van der Waals surface area (Å²) in [6.07, 6.45) is 0. The molecule has 0 aliphatic heterocycles. The zero-order valence-electron chi connectivity index (χ0n) is 7.40. The van der Waals surface area contributed by atoms with Crippen molar-refractivity contribution in [2.75, 3.05) is 0 Å². The molecule has 1 aromatic rings. The third-order valence-corrected chi connectivity index (χ3v) is 1.68. The molecule has 0 atom stereocenters. The van der Waals surface area contributed by atoms with Crippen LogP contribution >= 0.6 is 0 Å². The van der Waals surface area contributed by atoms with Crippen LogP contribution in [0.3, 0.4) is 0 Å². The van der Waals surface area contributed by atoms with E-state index in [4.69, 9.17) is 0 Å². The predicted octanol–water partition coefficient (Wildman–Crippen LogP) is 2.11. The number of nitro groups is 1. The molecule has 0 bridgehead atoms. The molecule has 0 aromatic heterocycles. The fourth-order valence-corrected chi connectivity index (χ4v) is 1.07. The van der Waals surface area contributed by atoms with E-state index in [1.165, 1.54) is 19.1 Å². The number of Topliss-reactive ketones (excluding diaryl/α,β-unsaturated/α-hetero) is 1. The number of rotatable bonds is 2. The first kappa shape index (κ1) is 9.38. The molecule has 0 saturated heterocycles. The van der Waals surface area contributed by atoms with E-state index in [0.29, 0.717) is 5.56 Å². The first-order valence-corrected chi connectivity index (χ1v) is 3.77. The number of nitrogens with zero attached hydrogens (tertiary/aromatic N) is 1. The maximum Gasteiger partial charge on any atom is 0.270 e. The molecule has 68 valence electrons. The lowest BCUT2D eigenvalue weighted by molar-refractivity contribution is -0.384. The minimum absolute atomic E-state index is 0.0369. The van der Waals surface area contributed by atoms with Gasteiger partial charge < -0.3 is 0 Å². The molecule has 0 fully saturated rings. The van der Waals surface area contributed by atoms with Crippen LogP contribution in [0.5, 0.6) is 0 Å². The van der Waals surface area contributed by atoms with Crippen LogP contribution in [0, 0.1) is 17.0 Å². The Kier molecular flexibility index (Phi) is 2.41. The Morgan fingerprint density at radius 1 is 1.38 bits per heavy atom. The molecule has 0 amide bonds. The second-order valence-electron chi connectivity index (χ2n) is 2.87. The number of nitro benzene ring substituents is 1. The van der Waals surface area contributed by atoms with Crippen molar-refractivity contribution in [2.45, 2.75) is 13.8 Å². The van der Waals surface area contributed by atoms with Crippen molar-refractivity contribution >= 4 is 11.5 Å². The summed E-state index contributed by atoms with van der Waals surface area (Å²) in [5.41, 5.74) is 1.07. The van der Waals surface area contributed by atoms with Crippen molar-refractivity contribution in [3.8, 4) is 0 Å². The van der Waals surface area contributed by atoms with Crippen LogP contribution in [0.25, 0.3) is 0 Å². The number of hydrogen-bond acceptors (Lipinski definition) is 3. The summed E-state index contributed by atoms with van der Waals surface area (Å²) < 4.78 is 0. The molecular formula is C9H9NO3. The first-order valence-electron chi connectivity index (χ1n) is 3.77. The van der Waals surface area contributed by atoms with E-state index in [9.17, 15) is 14.9 Å². The van der Waals surface area contributed by atoms with Crippen LogP contribution in [-0.4, -0.2) is 10.7 Å². The van der Waals surface area contributed by atoms with Crippen molar-refractivity contribution in [2.24, 2.45) is 0 Å². The zero-order chi connectivity index (χ0) is 10.0. The number of hydrogen-bond donors (Lipinski definition) is 0. The van der Waals surface area contributed by atoms with Gasteiger partial charge in [-0.1, -0.05) is 0 Å². The standard InChI is InChI=1S/C9H9NO3/c1-6-3-8(7(2)11)5-9(4-6)10(12)13/h3-5H,1-2H3. The van der Waals surface area contributed by atoms with Crippen molar-refractivity contribution < 1.29 is 9.72 Å². The van der Waals surface area contributed by atoms with Crippen LogP contribution in [0.15, 0.2) is 18.2 Å². The highest BCUT2D eigenvalue weighted by molar-refractivity contribution is 5.94. The number of benzene rings is 1. The average Bonchev–Trinajstić information content (AvgIpc) is 2.03. The summed E-state index contributed by atoms with van der Waals surface area (Å²) in [5, 5.41) is 10.4. The van der Waals surface area contributed by atoms with E-state index in [-0.39, 0.29) is 11.5 Å². The molecule has 0 N–H and O–H groups in total. The Labute approximate surface area is 75.3 Å². The van der Waals surface area contributed by atoms with Crippen LogP contribution in [0.2, 0.25) is 0 Å². The van der Waals surface area contributed by atoms with Gasteiger partial charge in [-0.2, -0.15) is 0 Å². The highest BCUT2D eigenvalue weighted by atomic mass is 16.6. The van der Waals surface area contributed by atoms with Gasteiger partial charge in [0.15, 0.2) is 5.78 Å². The van der Waals surface area contributed by atoms with Crippen molar-refractivity contribution in [1.29, 1.82) is 0 Å². The monoisotopic (exact) mass is 179 g/mol. The molecule has 0 unspecified atom stereocenters. The maximum atomic E-state index is 10.9. The van der Waals surface area contributed by atoms with Gasteiger partial charge in [-0.25, -0.2) is 0 Å². The van der Waals surface area contributed by atoms with Gasteiger partial charge in [-0.15, -0.1) is 0 Å². The molecule has 13 heavy (non-hydrogen) atoms. The van der Waals surface area contributed by atoms with Gasteiger partial charge in [-0.05, 0) is 25.5 Å². The molecular weight excluding hydrogens is 170 g/mol. The molecule has 0 spiro atoms. The van der Waals surface area contributed by atoms with Gasteiger partial charge in [-0.3, -0.25) is 14.9 Å². The summed E-state index contributed by atoms with van der Waals surface area (Å²) in [7, 11) is 0. The van der Waals surface area contributed by atoms with Crippen molar-refractivity contribution in [1.82, 2.24) is 0 Å². The highest BCUT2D eigenvalue weighted by Crippen LogP contribution is 2.16. The summed E-state index contributed by atoms with van der Waals surface area (Å²) in [6, 6.07) is 4.36. The van der Waals surface area contributed by atoms with E-state index in [2.05, 4.69) is 0 Å². The Bertz CT molecular complexity index is 339. The topological polar surface area (TPSA) is 60.2 Å². The zero-order valence-corrected chi connectivity index (χ0v) is 7.40. The minimum Gasteiger partial charge on any atom is -0.295 e. The summed E-state index contributed by atoms with van der Waals surface area (Å²) in [5.74, 6) is -0.160. The Balaban J connectivity index is 3.26. The van der Waals surface area contributed by atoms with Gasteiger partial charge in [0.05, 0.1) is 4.92 Å². The van der Waals surface area contributed by atoms with Gasteiger partial charge in [0.25, 0.3) is 5.69 Å². The van der Waals surface area contributed by atoms with Gasteiger partial charge in [0, 0.05) is 17.7 Å². The Hall–Kier alpha value is -1.71. The van der Waals surface area contributed by atoms with E-state index in [1.54, 1.807) is 13.0 Å². The molecule has 0 aliphatic carbocycles. The number of carbonyl (C=O) groups is 1. The van der Waals surface area contributed by atoms with Crippen molar-refractivity contribution in [3.63, 3.8) is 0 Å². The summed E-state index contributed by atoms with van der Waals surface area (Å²) in [4.78, 5) is 20.9. The van der Waals surface area contributed by atoms with Gasteiger partial charge >= 0.3 is 0 Å². The fraction of sp³-hybridized carbons (Fsp3) is 0.222. The Morgan fingerprint density at radius 3 is 2.46 bits per heavy atom. The van der Waals surface area contributed by atoms with Gasteiger partial charge in [0.2, 0.25) is 0 Å². The van der Waals surface area contributed by atoms with E-state index in [1.807, 2.05) is 0 Å². The smallest absolute Gasteiger partial charge is 0.270 e. The van der Waals surface area contributed by atoms with Gasteiger partial charge in [0.1, 0.15) is 0 Å². The van der Waals surface area contributed by atoms with Crippen LogP contribution in [-0.2, 0) is 0 Å². The SMILES string of the molecule is CC(=O)c1cc(C)cc([N+](=O)[O-])c1.